The van der Waals surface area contributed by atoms with Crippen molar-refractivity contribution in [2.75, 3.05) is 5.73 Å². The van der Waals surface area contributed by atoms with E-state index in [1.165, 1.54) is 12.1 Å². The summed E-state index contributed by atoms with van der Waals surface area (Å²) in [5.74, 6) is 0.704. The molecular weight excluding hydrogens is 247 g/mol. The minimum absolute atomic E-state index is 0.270. The lowest BCUT2D eigenvalue weighted by molar-refractivity contribution is 0.431. The van der Waals surface area contributed by atoms with Crippen molar-refractivity contribution < 1.29 is 8.91 Å². The van der Waals surface area contributed by atoms with Gasteiger partial charge in [-0.25, -0.2) is 9.37 Å². The first-order valence-corrected chi connectivity index (χ1v) is 5.55. The standard InChI is InChI=1S/C13H9FN4O/c14-9-6-4-8(5-7-9)12-17-13(19-18-12)10-2-1-3-11(15)16-10/h1-7H,(H2,15,16). The molecule has 3 rings (SSSR count). The molecule has 0 bridgehead atoms. The second kappa shape index (κ2) is 4.49. The lowest BCUT2D eigenvalue weighted by Crippen LogP contribution is -1.91. The van der Waals surface area contributed by atoms with Crippen LogP contribution in [0.5, 0.6) is 0 Å². The Kier molecular flexibility index (Phi) is 2.68. The van der Waals surface area contributed by atoms with Gasteiger partial charge in [-0.05, 0) is 36.4 Å². The molecule has 5 nitrogen and oxygen atoms in total. The monoisotopic (exact) mass is 256 g/mol. The molecule has 0 amide bonds. The maximum atomic E-state index is 12.8. The number of pyridine rings is 1. The van der Waals surface area contributed by atoms with Crippen molar-refractivity contribution >= 4 is 5.82 Å². The second-order valence-electron chi connectivity index (χ2n) is 3.88. The van der Waals surface area contributed by atoms with E-state index in [-0.39, 0.29) is 11.7 Å². The van der Waals surface area contributed by atoms with Gasteiger partial charge < -0.3 is 10.3 Å². The third kappa shape index (κ3) is 2.28. The number of aromatic nitrogens is 3. The highest BCUT2D eigenvalue weighted by atomic mass is 19.1. The molecular formula is C13H9FN4O. The normalized spacial score (nSPS) is 10.6. The minimum atomic E-state index is -0.315. The number of nitrogens with zero attached hydrogens (tertiary/aromatic N) is 3. The molecule has 0 aliphatic heterocycles. The molecule has 0 atom stereocenters. The lowest BCUT2D eigenvalue weighted by atomic mass is 10.2. The Labute approximate surface area is 107 Å². The van der Waals surface area contributed by atoms with Crippen LogP contribution in [0, 0.1) is 5.82 Å². The van der Waals surface area contributed by atoms with E-state index in [9.17, 15) is 4.39 Å². The van der Waals surface area contributed by atoms with Crippen LogP contribution >= 0.6 is 0 Å². The van der Waals surface area contributed by atoms with Crippen LogP contribution in [-0.2, 0) is 0 Å². The highest BCUT2D eigenvalue weighted by molar-refractivity contribution is 5.58. The first-order valence-electron chi connectivity index (χ1n) is 5.55. The van der Waals surface area contributed by atoms with Gasteiger partial charge in [-0.2, -0.15) is 4.98 Å². The van der Waals surface area contributed by atoms with Gasteiger partial charge in [0, 0.05) is 5.56 Å². The Hall–Kier alpha value is -2.76. The van der Waals surface area contributed by atoms with Crippen LogP contribution in [0.4, 0.5) is 10.2 Å². The largest absolute Gasteiger partial charge is 0.384 e. The smallest absolute Gasteiger partial charge is 0.276 e. The van der Waals surface area contributed by atoms with Gasteiger partial charge in [0.15, 0.2) is 0 Å². The SMILES string of the molecule is Nc1cccc(-c2nc(-c3ccc(F)cc3)no2)n1. The zero-order valence-corrected chi connectivity index (χ0v) is 9.75. The molecule has 0 saturated heterocycles. The quantitative estimate of drug-likeness (QED) is 0.762. The number of anilines is 1. The fourth-order valence-corrected chi connectivity index (χ4v) is 1.61. The van der Waals surface area contributed by atoms with Crippen molar-refractivity contribution in [1.82, 2.24) is 15.1 Å². The Morgan fingerprint density at radius 2 is 1.79 bits per heavy atom. The summed E-state index contributed by atoms with van der Waals surface area (Å²) in [6.07, 6.45) is 0. The molecule has 0 unspecified atom stereocenters. The number of hydrogen-bond acceptors (Lipinski definition) is 5. The van der Waals surface area contributed by atoms with Crippen molar-refractivity contribution in [3.8, 4) is 23.0 Å². The van der Waals surface area contributed by atoms with E-state index in [0.29, 0.717) is 22.9 Å². The van der Waals surface area contributed by atoms with Gasteiger partial charge >= 0.3 is 0 Å². The Balaban J connectivity index is 1.97. The van der Waals surface area contributed by atoms with Crippen molar-refractivity contribution in [3.63, 3.8) is 0 Å². The van der Waals surface area contributed by atoms with Crippen molar-refractivity contribution in [2.45, 2.75) is 0 Å². The van der Waals surface area contributed by atoms with E-state index in [1.54, 1.807) is 30.3 Å². The summed E-state index contributed by atoms with van der Waals surface area (Å²) in [6.45, 7) is 0. The summed E-state index contributed by atoms with van der Waals surface area (Å²) in [4.78, 5) is 8.29. The first-order chi connectivity index (χ1) is 9.22. The average molecular weight is 256 g/mol. The molecule has 1 aromatic carbocycles. The molecule has 0 saturated carbocycles. The third-order valence-electron chi connectivity index (χ3n) is 2.52. The minimum Gasteiger partial charge on any atom is -0.384 e. The van der Waals surface area contributed by atoms with E-state index < -0.39 is 0 Å². The highest BCUT2D eigenvalue weighted by Gasteiger charge is 2.11. The van der Waals surface area contributed by atoms with Gasteiger partial charge in [0.05, 0.1) is 0 Å². The van der Waals surface area contributed by atoms with Crippen molar-refractivity contribution in [2.24, 2.45) is 0 Å². The van der Waals surface area contributed by atoms with Gasteiger partial charge in [0.2, 0.25) is 5.82 Å². The molecule has 2 heterocycles. The molecule has 94 valence electrons. The zero-order valence-electron chi connectivity index (χ0n) is 9.75. The molecule has 0 radical (unpaired) electrons. The molecule has 2 aromatic heterocycles. The Morgan fingerprint density at radius 3 is 2.53 bits per heavy atom. The number of nitrogens with two attached hydrogens (primary N) is 1. The number of halogens is 1. The van der Waals surface area contributed by atoms with Crippen LogP contribution < -0.4 is 5.73 Å². The Bertz CT molecular complexity index is 709. The van der Waals surface area contributed by atoms with Crippen LogP contribution in [0.25, 0.3) is 23.0 Å². The predicted octanol–water partition coefficient (Wildman–Crippen LogP) is 2.52. The van der Waals surface area contributed by atoms with Crippen LogP contribution in [-0.4, -0.2) is 15.1 Å². The summed E-state index contributed by atoms with van der Waals surface area (Å²) in [6, 6.07) is 11.0. The molecule has 6 heteroatoms. The summed E-state index contributed by atoms with van der Waals surface area (Å²) in [5.41, 5.74) is 6.76. The van der Waals surface area contributed by atoms with Crippen LogP contribution in [0.1, 0.15) is 0 Å². The number of rotatable bonds is 2. The summed E-state index contributed by atoms with van der Waals surface area (Å²) in [7, 11) is 0. The topological polar surface area (TPSA) is 77.8 Å². The van der Waals surface area contributed by atoms with E-state index >= 15 is 0 Å². The second-order valence-corrected chi connectivity index (χ2v) is 3.88. The summed E-state index contributed by atoms with van der Waals surface area (Å²) in [5, 5.41) is 3.83. The van der Waals surface area contributed by atoms with Gasteiger partial charge in [-0.3, -0.25) is 0 Å². The van der Waals surface area contributed by atoms with E-state index in [4.69, 9.17) is 10.3 Å². The Morgan fingerprint density at radius 1 is 1.00 bits per heavy atom. The van der Waals surface area contributed by atoms with Gasteiger partial charge in [0.25, 0.3) is 5.89 Å². The lowest BCUT2D eigenvalue weighted by Gasteiger charge is -1.94. The predicted molar refractivity (Wildman–Crippen MR) is 67.3 cm³/mol. The zero-order chi connectivity index (χ0) is 13.2. The van der Waals surface area contributed by atoms with Crippen molar-refractivity contribution in [1.29, 1.82) is 0 Å². The number of nitrogen functional groups attached to an aromatic ring is 1. The maximum absolute atomic E-state index is 12.8. The fourth-order valence-electron chi connectivity index (χ4n) is 1.61. The van der Waals surface area contributed by atoms with Crippen LogP contribution in [0.2, 0.25) is 0 Å². The van der Waals surface area contributed by atoms with Crippen LogP contribution in [0.3, 0.4) is 0 Å². The fraction of sp³-hybridized carbons (Fsp3) is 0. The van der Waals surface area contributed by atoms with E-state index in [2.05, 4.69) is 15.1 Å². The summed E-state index contributed by atoms with van der Waals surface area (Å²) < 4.78 is 17.9. The highest BCUT2D eigenvalue weighted by Crippen LogP contribution is 2.21. The van der Waals surface area contributed by atoms with Gasteiger partial charge in [0.1, 0.15) is 17.3 Å². The molecule has 0 aliphatic carbocycles. The maximum Gasteiger partial charge on any atom is 0.276 e. The van der Waals surface area contributed by atoms with Gasteiger partial charge in [-0.1, -0.05) is 11.2 Å². The van der Waals surface area contributed by atoms with Crippen LogP contribution in [0.15, 0.2) is 47.0 Å². The molecule has 0 spiro atoms. The number of hydrogen-bond donors (Lipinski definition) is 1. The summed E-state index contributed by atoms with van der Waals surface area (Å²) >= 11 is 0. The first kappa shape index (κ1) is 11.3. The molecule has 0 aliphatic rings. The number of benzene rings is 1. The van der Waals surface area contributed by atoms with Crippen molar-refractivity contribution in [3.05, 3.63) is 48.3 Å². The average Bonchev–Trinajstić information content (AvgIpc) is 2.89. The third-order valence-corrected chi connectivity index (χ3v) is 2.52. The molecule has 0 fully saturated rings. The molecule has 3 aromatic rings. The van der Waals surface area contributed by atoms with Gasteiger partial charge in [-0.15, -0.1) is 0 Å². The molecule has 19 heavy (non-hydrogen) atoms. The van der Waals surface area contributed by atoms with E-state index in [0.717, 1.165) is 0 Å². The molecule has 2 N–H and O–H groups in total. The van der Waals surface area contributed by atoms with E-state index in [1.807, 2.05) is 0 Å².